The summed E-state index contributed by atoms with van der Waals surface area (Å²) in [6, 6.07) is 7.36. The summed E-state index contributed by atoms with van der Waals surface area (Å²) in [5, 5.41) is 8.99. The van der Waals surface area contributed by atoms with E-state index < -0.39 is 10.0 Å². The minimum Gasteiger partial charge on any atom is -0.360 e. The predicted octanol–water partition coefficient (Wildman–Crippen LogP) is 2.82. The Morgan fingerprint density at radius 3 is 2.24 bits per heavy atom. The van der Waals surface area contributed by atoms with E-state index in [-0.39, 0.29) is 36.1 Å². The summed E-state index contributed by atoms with van der Waals surface area (Å²) in [4.78, 5) is 14.9. The molecule has 11 heteroatoms. The normalized spacial score (nSPS) is 15.2. The summed E-state index contributed by atoms with van der Waals surface area (Å²) in [5.74, 6) is 0.223. The smallest absolute Gasteiger partial charge is 0.248 e. The van der Waals surface area contributed by atoms with Crippen LogP contribution in [-0.4, -0.2) is 64.6 Å². The number of aromatic nitrogens is 3. The SMILES string of the molecule is Cc1nn(-c2ccc(Cl)cc2)c(C)c1CC(=O)N1CCN(S(=O)(=O)c2c(C)noc2C)CC1. The number of nitrogens with zero attached hydrogens (tertiary/aromatic N) is 5. The van der Waals surface area contributed by atoms with Gasteiger partial charge >= 0.3 is 0 Å². The highest BCUT2D eigenvalue weighted by Crippen LogP contribution is 2.25. The van der Waals surface area contributed by atoms with Gasteiger partial charge in [-0.15, -0.1) is 0 Å². The topological polar surface area (TPSA) is 102 Å². The van der Waals surface area contributed by atoms with Crippen molar-refractivity contribution in [2.45, 2.75) is 39.0 Å². The number of benzene rings is 1. The second-order valence-corrected chi connectivity index (χ2v) is 10.5. The molecule has 3 aromatic rings. The van der Waals surface area contributed by atoms with Crippen LogP contribution < -0.4 is 0 Å². The van der Waals surface area contributed by atoms with Crippen molar-refractivity contribution in [1.29, 1.82) is 0 Å². The molecule has 0 N–H and O–H groups in total. The predicted molar refractivity (Wildman–Crippen MR) is 123 cm³/mol. The van der Waals surface area contributed by atoms with E-state index in [0.717, 1.165) is 22.6 Å². The Morgan fingerprint density at radius 2 is 1.67 bits per heavy atom. The van der Waals surface area contributed by atoms with Gasteiger partial charge in [-0.25, -0.2) is 13.1 Å². The molecule has 0 radical (unpaired) electrons. The molecule has 9 nitrogen and oxygen atoms in total. The monoisotopic (exact) mass is 491 g/mol. The van der Waals surface area contributed by atoms with Crippen molar-refractivity contribution >= 4 is 27.5 Å². The van der Waals surface area contributed by atoms with Gasteiger partial charge in [0.15, 0.2) is 5.76 Å². The summed E-state index contributed by atoms with van der Waals surface area (Å²) in [6.07, 6.45) is 0.210. The van der Waals surface area contributed by atoms with Gasteiger partial charge in [-0.1, -0.05) is 16.8 Å². The zero-order valence-electron chi connectivity index (χ0n) is 19.0. The van der Waals surface area contributed by atoms with E-state index in [0.29, 0.717) is 23.8 Å². The van der Waals surface area contributed by atoms with Crippen molar-refractivity contribution in [1.82, 2.24) is 24.1 Å². The molecule has 1 aromatic carbocycles. The summed E-state index contributed by atoms with van der Waals surface area (Å²) in [7, 11) is -3.72. The first kappa shape index (κ1) is 23.5. The number of carbonyl (C=O) groups is 1. The first-order valence-corrected chi connectivity index (χ1v) is 12.4. The van der Waals surface area contributed by atoms with Crippen molar-refractivity contribution in [3.63, 3.8) is 0 Å². The third-order valence-electron chi connectivity index (χ3n) is 6.00. The van der Waals surface area contributed by atoms with E-state index in [1.807, 2.05) is 30.7 Å². The van der Waals surface area contributed by atoms with Crippen LogP contribution in [0.5, 0.6) is 0 Å². The molecule has 0 unspecified atom stereocenters. The molecule has 0 atom stereocenters. The molecule has 2 aromatic heterocycles. The minimum atomic E-state index is -3.72. The van der Waals surface area contributed by atoms with E-state index in [1.165, 1.54) is 4.31 Å². The van der Waals surface area contributed by atoms with Gasteiger partial charge in [-0.2, -0.15) is 9.40 Å². The first-order chi connectivity index (χ1) is 15.6. The third kappa shape index (κ3) is 4.42. The Labute approximate surface area is 198 Å². The summed E-state index contributed by atoms with van der Waals surface area (Å²) >= 11 is 5.98. The average Bonchev–Trinajstić information content (AvgIpc) is 3.27. The number of aryl methyl sites for hydroxylation is 3. The summed E-state index contributed by atoms with van der Waals surface area (Å²) in [6.45, 7) is 8.11. The number of carbonyl (C=O) groups excluding carboxylic acids is 1. The number of hydrogen-bond acceptors (Lipinski definition) is 6. The highest BCUT2D eigenvalue weighted by molar-refractivity contribution is 7.89. The number of amides is 1. The second-order valence-electron chi connectivity index (χ2n) is 8.15. The quantitative estimate of drug-likeness (QED) is 0.544. The van der Waals surface area contributed by atoms with E-state index in [1.54, 1.807) is 30.9 Å². The number of rotatable bonds is 5. The van der Waals surface area contributed by atoms with Crippen LogP contribution in [0.1, 0.15) is 28.4 Å². The summed E-state index contributed by atoms with van der Waals surface area (Å²) in [5.41, 5.74) is 3.77. The Balaban J connectivity index is 1.44. The number of piperazine rings is 1. The van der Waals surface area contributed by atoms with E-state index in [9.17, 15) is 13.2 Å². The van der Waals surface area contributed by atoms with Gasteiger partial charge in [0.2, 0.25) is 15.9 Å². The highest BCUT2D eigenvalue weighted by Gasteiger charge is 2.34. The van der Waals surface area contributed by atoms with Gasteiger partial charge in [0.25, 0.3) is 0 Å². The Kier molecular flexibility index (Phi) is 6.35. The second kappa shape index (κ2) is 8.92. The molecule has 0 bridgehead atoms. The van der Waals surface area contributed by atoms with Crippen molar-refractivity contribution in [2.75, 3.05) is 26.2 Å². The largest absolute Gasteiger partial charge is 0.360 e. The van der Waals surface area contributed by atoms with Crippen LogP contribution in [0.3, 0.4) is 0 Å². The third-order valence-corrected chi connectivity index (χ3v) is 8.39. The lowest BCUT2D eigenvalue weighted by atomic mass is 10.1. The molecular formula is C22H26ClN5O4S. The lowest BCUT2D eigenvalue weighted by Crippen LogP contribution is -2.51. The van der Waals surface area contributed by atoms with Crippen molar-refractivity contribution in [2.24, 2.45) is 0 Å². The summed E-state index contributed by atoms with van der Waals surface area (Å²) < 4.78 is 34.2. The molecule has 1 aliphatic heterocycles. The molecular weight excluding hydrogens is 466 g/mol. The number of sulfonamides is 1. The van der Waals surface area contributed by atoms with Crippen molar-refractivity contribution in [3.05, 3.63) is 57.7 Å². The fraction of sp³-hybridized carbons (Fsp3) is 0.409. The lowest BCUT2D eigenvalue weighted by Gasteiger charge is -2.34. The molecule has 3 heterocycles. The van der Waals surface area contributed by atoms with Gasteiger partial charge in [-0.05, 0) is 52.0 Å². The molecule has 176 valence electrons. The molecule has 33 heavy (non-hydrogen) atoms. The van der Waals surface area contributed by atoms with Crippen LogP contribution in [0.25, 0.3) is 5.69 Å². The maximum absolute atomic E-state index is 13.0. The average molecular weight is 492 g/mol. The molecule has 1 aliphatic rings. The van der Waals surface area contributed by atoms with E-state index >= 15 is 0 Å². The standard InChI is InChI=1S/C22H26ClN5O4S/c1-14-20(16(3)28(24-14)19-7-5-18(23)6-8-19)13-21(29)26-9-11-27(12-10-26)33(30,31)22-15(2)25-32-17(22)4/h5-8H,9-13H2,1-4H3. The van der Waals surface area contributed by atoms with Crippen LogP contribution in [0, 0.1) is 27.7 Å². The van der Waals surface area contributed by atoms with Gasteiger partial charge in [-0.3, -0.25) is 4.79 Å². The van der Waals surface area contributed by atoms with Crippen LogP contribution in [0.4, 0.5) is 0 Å². The van der Waals surface area contributed by atoms with Gasteiger partial charge in [0, 0.05) is 42.5 Å². The first-order valence-electron chi connectivity index (χ1n) is 10.6. The fourth-order valence-corrected chi connectivity index (χ4v) is 6.02. The Morgan fingerprint density at radius 1 is 1.03 bits per heavy atom. The minimum absolute atomic E-state index is 0.0498. The van der Waals surface area contributed by atoms with Gasteiger partial charge in [0.1, 0.15) is 10.6 Å². The zero-order valence-corrected chi connectivity index (χ0v) is 20.6. The maximum Gasteiger partial charge on any atom is 0.248 e. The highest BCUT2D eigenvalue weighted by atomic mass is 35.5. The molecule has 0 saturated carbocycles. The van der Waals surface area contributed by atoms with Crippen LogP contribution in [0.15, 0.2) is 33.7 Å². The zero-order chi connectivity index (χ0) is 23.9. The molecule has 0 aliphatic carbocycles. The lowest BCUT2D eigenvalue weighted by molar-refractivity contribution is -0.131. The van der Waals surface area contributed by atoms with Crippen LogP contribution in [0.2, 0.25) is 5.02 Å². The Hall–Kier alpha value is -2.69. The van der Waals surface area contributed by atoms with Gasteiger partial charge in [0.05, 0.1) is 17.8 Å². The molecule has 0 spiro atoms. The fourth-order valence-electron chi connectivity index (χ4n) is 4.18. The van der Waals surface area contributed by atoms with Crippen molar-refractivity contribution < 1.29 is 17.7 Å². The molecule has 1 saturated heterocycles. The van der Waals surface area contributed by atoms with Gasteiger partial charge < -0.3 is 9.42 Å². The number of hydrogen-bond donors (Lipinski definition) is 0. The van der Waals surface area contributed by atoms with Crippen molar-refractivity contribution in [3.8, 4) is 5.69 Å². The van der Waals surface area contributed by atoms with Crippen LogP contribution in [-0.2, 0) is 21.2 Å². The molecule has 4 rings (SSSR count). The number of halogens is 1. The Bertz CT molecular complexity index is 1270. The van der Waals surface area contributed by atoms with E-state index in [2.05, 4.69) is 10.3 Å². The van der Waals surface area contributed by atoms with Crippen LogP contribution >= 0.6 is 11.6 Å². The molecule has 1 fully saturated rings. The maximum atomic E-state index is 13.0. The van der Waals surface area contributed by atoms with E-state index in [4.69, 9.17) is 16.1 Å². The molecule has 1 amide bonds.